The van der Waals surface area contributed by atoms with Crippen LogP contribution in [0.4, 0.5) is 4.39 Å². The quantitative estimate of drug-likeness (QED) is 0.513. The molecule has 1 aliphatic rings. The summed E-state index contributed by atoms with van der Waals surface area (Å²) in [7, 11) is 0. The Bertz CT molecular complexity index is 1360. The third-order valence-electron chi connectivity index (χ3n) is 4.87. The summed E-state index contributed by atoms with van der Waals surface area (Å²) in [5.74, 6) is -0.940. The van der Waals surface area contributed by atoms with Gasteiger partial charge in [-0.25, -0.2) is 14.2 Å². The fraction of sp³-hybridized carbons (Fsp3) is 0.174. The SMILES string of the molecule is CCOC(=O)C1=C(C)N=c2s/c(=C/c3ccc(Br)cc3)c(=O)n2[C@H]1c1ccc(F)cc1. The first kappa shape index (κ1) is 21.4. The molecule has 0 aliphatic carbocycles. The maximum Gasteiger partial charge on any atom is 0.338 e. The molecule has 0 amide bonds. The fourth-order valence-electron chi connectivity index (χ4n) is 3.46. The van der Waals surface area contributed by atoms with Gasteiger partial charge < -0.3 is 4.74 Å². The van der Waals surface area contributed by atoms with Gasteiger partial charge in [-0.15, -0.1) is 0 Å². The monoisotopic (exact) mass is 500 g/mol. The van der Waals surface area contributed by atoms with E-state index in [-0.39, 0.29) is 17.7 Å². The molecule has 1 atom stereocenters. The van der Waals surface area contributed by atoms with E-state index in [0.29, 0.717) is 20.6 Å². The van der Waals surface area contributed by atoms with Gasteiger partial charge in [0.05, 0.1) is 28.5 Å². The van der Waals surface area contributed by atoms with Crippen LogP contribution >= 0.6 is 27.3 Å². The lowest BCUT2D eigenvalue weighted by Crippen LogP contribution is -2.39. The van der Waals surface area contributed by atoms with Crippen molar-refractivity contribution in [3.8, 4) is 0 Å². The van der Waals surface area contributed by atoms with Gasteiger partial charge in [-0.3, -0.25) is 9.36 Å². The Morgan fingerprint density at radius 3 is 2.55 bits per heavy atom. The van der Waals surface area contributed by atoms with Crippen molar-refractivity contribution >= 4 is 39.3 Å². The van der Waals surface area contributed by atoms with Crippen molar-refractivity contribution in [1.29, 1.82) is 0 Å². The smallest absolute Gasteiger partial charge is 0.338 e. The van der Waals surface area contributed by atoms with Gasteiger partial charge in [0.25, 0.3) is 5.56 Å². The zero-order valence-corrected chi connectivity index (χ0v) is 19.2. The van der Waals surface area contributed by atoms with Crippen LogP contribution in [-0.4, -0.2) is 17.1 Å². The van der Waals surface area contributed by atoms with Gasteiger partial charge in [0.2, 0.25) is 0 Å². The van der Waals surface area contributed by atoms with E-state index >= 15 is 0 Å². The van der Waals surface area contributed by atoms with Gasteiger partial charge in [0.1, 0.15) is 5.82 Å². The Morgan fingerprint density at radius 2 is 1.90 bits per heavy atom. The minimum Gasteiger partial charge on any atom is -0.463 e. The van der Waals surface area contributed by atoms with Crippen LogP contribution < -0.4 is 14.9 Å². The summed E-state index contributed by atoms with van der Waals surface area (Å²) in [5, 5.41) is 0. The van der Waals surface area contributed by atoms with Gasteiger partial charge in [-0.05, 0) is 55.3 Å². The Balaban J connectivity index is 1.94. The number of carbonyl (C=O) groups excluding carboxylic acids is 1. The predicted molar refractivity (Wildman–Crippen MR) is 121 cm³/mol. The molecular weight excluding hydrogens is 483 g/mol. The van der Waals surface area contributed by atoms with Crippen molar-refractivity contribution in [1.82, 2.24) is 4.57 Å². The molecule has 1 aliphatic heterocycles. The Hall–Kier alpha value is -2.84. The van der Waals surface area contributed by atoms with Crippen molar-refractivity contribution in [2.75, 3.05) is 6.61 Å². The van der Waals surface area contributed by atoms with Crippen LogP contribution in [-0.2, 0) is 9.53 Å². The largest absolute Gasteiger partial charge is 0.463 e. The number of fused-ring (bicyclic) bond motifs is 1. The van der Waals surface area contributed by atoms with E-state index in [4.69, 9.17) is 4.74 Å². The number of rotatable bonds is 4. The molecule has 0 bridgehead atoms. The molecule has 0 saturated carbocycles. The summed E-state index contributed by atoms with van der Waals surface area (Å²) in [5.41, 5.74) is 1.96. The highest BCUT2D eigenvalue weighted by atomic mass is 79.9. The van der Waals surface area contributed by atoms with Crippen molar-refractivity contribution in [3.63, 3.8) is 0 Å². The Labute approximate surface area is 190 Å². The second-order valence-corrected chi connectivity index (χ2v) is 8.83. The first-order valence-electron chi connectivity index (χ1n) is 9.59. The molecule has 0 spiro atoms. The molecule has 158 valence electrons. The number of nitrogens with zero attached hydrogens (tertiary/aromatic N) is 2. The maximum absolute atomic E-state index is 13.6. The van der Waals surface area contributed by atoms with Crippen LogP contribution in [0, 0.1) is 5.82 Å². The molecule has 4 rings (SSSR count). The molecule has 2 heterocycles. The van der Waals surface area contributed by atoms with Gasteiger partial charge in [-0.1, -0.05) is 51.5 Å². The lowest BCUT2D eigenvalue weighted by atomic mass is 9.96. The highest BCUT2D eigenvalue weighted by Gasteiger charge is 2.33. The van der Waals surface area contributed by atoms with E-state index in [9.17, 15) is 14.0 Å². The van der Waals surface area contributed by atoms with Gasteiger partial charge in [0.15, 0.2) is 4.80 Å². The zero-order valence-electron chi connectivity index (χ0n) is 16.8. The molecule has 31 heavy (non-hydrogen) atoms. The van der Waals surface area contributed by atoms with E-state index in [0.717, 1.165) is 10.0 Å². The van der Waals surface area contributed by atoms with Crippen molar-refractivity contribution < 1.29 is 13.9 Å². The van der Waals surface area contributed by atoms with E-state index in [1.54, 1.807) is 32.1 Å². The summed E-state index contributed by atoms with van der Waals surface area (Å²) in [4.78, 5) is 31.2. The van der Waals surface area contributed by atoms with Gasteiger partial charge >= 0.3 is 5.97 Å². The van der Waals surface area contributed by atoms with E-state index in [2.05, 4.69) is 20.9 Å². The van der Waals surface area contributed by atoms with E-state index in [1.807, 2.05) is 24.3 Å². The predicted octanol–water partition coefficient (Wildman–Crippen LogP) is 3.70. The summed E-state index contributed by atoms with van der Waals surface area (Å²) in [6.45, 7) is 3.63. The number of ether oxygens (including phenoxy) is 1. The third-order valence-corrected chi connectivity index (χ3v) is 6.38. The van der Waals surface area contributed by atoms with Crippen LogP contribution in [0.25, 0.3) is 6.08 Å². The molecule has 0 N–H and O–H groups in total. The zero-order chi connectivity index (χ0) is 22.1. The van der Waals surface area contributed by atoms with Crippen LogP contribution in [0.2, 0.25) is 0 Å². The number of allylic oxidation sites excluding steroid dienone is 1. The number of aromatic nitrogens is 1. The molecule has 5 nitrogen and oxygen atoms in total. The van der Waals surface area contributed by atoms with Crippen LogP contribution in [0.1, 0.15) is 31.0 Å². The normalized spacial score (nSPS) is 16.1. The standard InChI is InChI=1S/C23H18BrFN2O3S/c1-3-30-22(29)19-13(2)26-23-27(20(19)15-6-10-17(25)11-7-15)21(28)18(31-23)12-14-4-8-16(24)9-5-14/h4-12,20H,3H2,1-2H3/b18-12+/t20-/m0/s1. The minimum atomic E-state index is -0.747. The van der Waals surface area contributed by atoms with Gasteiger partial charge in [0, 0.05) is 4.47 Å². The average molecular weight is 501 g/mol. The number of halogens is 2. The lowest BCUT2D eigenvalue weighted by molar-refractivity contribution is -0.139. The summed E-state index contributed by atoms with van der Waals surface area (Å²) in [6, 6.07) is 12.6. The van der Waals surface area contributed by atoms with Gasteiger partial charge in [-0.2, -0.15) is 0 Å². The Morgan fingerprint density at radius 1 is 1.23 bits per heavy atom. The molecular formula is C23H18BrFN2O3S. The van der Waals surface area contributed by atoms with Crippen LogP contribution in [0.15, 0.2) is 74.1 Å². The molecule has 0 unspecified atom stereocenters. The second-order valence-electron chi connectivity index (χ2n) is 6.91. The maximum atomic E-state index is 13.6. The van der Waals surface area contributed by atoms with Crippen molar-refractivity contribution in [2.45, 2.75) is 19.9 Å². The number of benzene rings is 2. The lowest BCUT2D eigenvalue weighted by Gasteiger charge is -2.24. The average Bonchev–Trinajstić information content (AvgIpc) is 3.04. The molecule has 0 fully saturated rings. The fourth-order valence-corrected chi connectivity index (χ4v) is 4.77. The highest BCUT2D eigenvalue weighted by molar-refractivity contribution is 9.10. The number of hydrogen-bond donors (Lipinski definition) is 0. The van der Waals surface area contributed by atoms with Crippen LogP contribution in [0.5, 0.6) is 0 Å². The first-order chi connectivity index (χ1) is 14.9. The molecule has 0 saturated heterocycles. The molecule has 3 aromatic rings. The van der Waals surface area contributed by atoms with Crippen molar-refractivity contribution in [3.05, 3.63) is 101 Å². The molecule has 0 radical (unpaired) electrons. The second kappa shape index (κ2) is 8.72. The van der Waals surface area contributed by atoms with E-state index in [1.165, 1.54) is 28.0 Å². The van der Waals surface area contributed by atoms with Crippen molar-refractivity contribution in [2.24, 2.45) is 4.99 Å². The third kappa shape index (κ3) is 4.18. The first-order valence-corrected chi connectivity index (χ1v) is 11.2. The molecule has 2 aromatic carbocycles. The highest BCUT2D eigenvalue weighted by Crippen LogP contribution is 2.30. The molecule has 8 heteroatoms. The summed E-state index contributed by atoms with van der Waals surface area (Å²) >= 11 is 4.65. The topological polar surface area (TPSA) is 60.7 Å². The van der Waals surface area contributed by atoms with E-state index < -0.39 is 17.8 Å². The minimum absolute atomic E-state index is 0.194. The number of carbonyl (C=O) groups is 1. The molecule has 1 aromatic heterocycles. The van der Waals surface area contributed by atoms with Crippen LogP contribution in [0.3, 0.4) is 0 Å². The number of esters is 1. The number of hydrogen-bond acceptors (Lipinski definition) is 5. The summed E-state index contributed by atoms with van der Waals surface area (Å²) < 4.78 is 21.7. The Kier molecular flexibility index (Phi) is 6.02. The summed E-state index contributed by atoms with van der Waals surface area (Å²) in [6.07, 6.45) is 1.79. The number of thiazole rings is 1.